The van der Waals surface area contributed by atoms with Crippen LogP contribution in [0.15, 0.2) is 24.3 Å². The molecule has 2 aliphatic rings. The molecule has 24 heavy (non-hydrogen) atoms. The SMILES string of the molecule is Cc1ccc(CC(=O)N2CCN(C(=O)CC3CCCC3)CC2)cc1. The quantitative estimate of drug-likeness (QED) is 0.853. The Hall–Kier alpha value is -1.84. The summed E-state index contributed by atoms with van der Waals surface area (Å²) < 4.78 is 0. The van der Waals surface area contributed by atoms with E-state index in [9.17, 15) is 9.59 Å². The lowest BCUT2D eigenvalue weighted by molar-refractivity contribution is -0.139. The van der Waals surface area contributed by atoms with Crippen LogP contribution in [-0.4, -0.2) is 47.8 Å². The molecule has 4 heteroatoms. The number of piperazine rings is 1. The number of carbonyl (C=O) groups excluding carboxylic acids is 2. The second-order valence-electron chi connectivity index (χ2n) is 7.28. The van der Waals surface area contributed by atoms with Crippen molar-refractivity contribution in [2.75, 3.05) is 26.2 Å². The van der Waals surface area contributed by atoms with Gasteiger partial charge in [0.25, 0.3) is 0 Å². The van der Waals surface area contributed by atoms with Gasteiger partial charge in [0.1, 0.15) is 0 Å². The Labute approximate surface area is 144 Å². The van der Waals surface area contributed by atoms with E-state index in [1.165, 1.54) is 31.2 Å². The molecular formula is C20H28N2O2. The van der Waals surface area contributed by atoms with E-state index in [0.29, 0.717) is 44.9 Å². The number of amides is 2. The van der Waals surface area contributed by atoms with Crippen molar-refractivity contribution in [1.82, 2.24) is 9.80 Å². The number of aryl methyl sites for hydroxylation is 1. The molecule has 2 fully saturated rings. The third-order valence-electron chi connectivity index (χ3n) is 5.40. The Balaban J connectivity index is 1.44. The molecule has 1 heterocycles. The van der Waals surface area contributed by atoms with E-state index in [0.717, 1.165) is 5.56 Å². The fourth-order valence-corrected chi connectivity index (χ4v) is 3.79. The summed E-state index contributed by atoms with van der Waals surface area (Å²) >= 11 is 0. The second kappa shape index (κ2) is 7.82. The summed E-state index contributed by atoms with van der Waals surface area (Å²) in [7, 11) is 0. The van der Waals surface area contributed by atoms with Crippen LogP contribution in [0.2, 0.25) is 0 Å². The minimum atomic E-state index is 0.168. The zero-order chi connectivity index (χ0) is 16.9. The van der Waals surface area contributed by atoms with Crippen molar-refractivity contribution < 1.29 is 9.59 Å². The number of rotatable bonds is 4. The van der Waals surface area contributed by atoms with E-state index < -0.39 is 0 Å². The van der Waals surface area contributed by atoms with Crippen LogP contribution in [0.4, 0.5) is 0 Å². The number of hydrogen-bond acceptors (Lipinski definition) is 2. The highest BCUT2D eigenvalue weighted by molar-refractivity contribution is 5.80. The molecule has 0 bridgehead atoms. The highest BCUT2D eigenvalue weighted by atomic mass is 16.2. The van der Waals surface area contributed by atoms with Crippen LogP contribution in [0.3, 0.4) is 0 Å². The highest BCUT2D eigenvalue weighted by Crippen LogP contribution is 2.28. The first-order valence-corrected chi connectivity index (χ1v) is 9.23. The van der Waals surface area contributed by atoms with Gasteiger partial charge in [0, 0.05) is 32.6 Å². The molecular weight excluding hydrogens is 300 g/mol. The normalized spacial score (nSPS) is 18.9. The third-order valence-corrected chi connectivity index (χ3v) is 5.40. The van der Waals surface area contributed by atoms with E-state index in [2.05, 4.69) is 0 Å². The molecule has 2 amide bonds. The summed E-state index contributed by atoms with van der Waals surface area (Å²) in [5.74, 6) is 1.05. The molecule has 0 aromatic heterocycles. The fraction of sp³-hybridized carbons (Fsp3) is 0.600. The molecule has 1 aromatic carbocycles. The van der Waals surface area contributed by atoms with Crippen LogP contribution in [0.5, 0.6) is 0 Å². The minimum Gasteiger partial charge on any atom is -0.339 e. The largest absolute Gasteiger partial charge is 0.339 e. The van der Waals surface area contributed by atoms with Crippen molar-refractivity contribution in [3.05, 3.63) is 35.4 Å². The van der Waals surface area contributed by atoms with Crippen molar-refractivity contribution in [3.8, 4) is 0 Å². The van der Waals surface area contributed by atoms with Crippen LogP contribution in [0.1, 0.15) is 43.2 Å². The molecule has 130 valence electrons. The Morgan fingerprint density at radius 2 is 1.46 bits per heavy atom. The van der Waals surface area contributed by atoms with Gasteiger partial charge in [-0.05, 0) is 31.2 Å². The Morgan fingerprint density at radius 1 is 0.917 bits per heavy atom. The van der Waals surface area contributed by atoms with Crippen molar-refractivity contribution >= 4 is 11.8 Å². The van der Waals surface area contributed by atoms with Crippen molar-refractivity contribution in [2.45, 2.75) is 45.4 Å². The molecule has 1 aromatic rings. The van der Waals surface area contributed by atoms with E-state index in [1.807, 2.05) is 41.0 Å². The van der Waals surface area contributed by atoms with Crippen LogP contribution >= 0.6 is 0 Å². The van der Waals surface area contributed by atoms with Gasteiger partial charge in [0.2, 0.25) is 11.8 Å². The molecule has 4 nitrogen and oxygen atoms in total. The lowest BCUT2D eigenvalue weighted by Gasteiger charge is -2.35. The molecule has 0 N–H and O–H groups in total. The lowest BCUT2D eigenvalue weighted by Crippen LogP contribution is -2.51. The van der Waals surface area contributed by atoms with Gasteiger partial charge < -0.3 is 9.80 Å². The monoisotopic (exact) mass is 328 g/mol. The zero-order valence-electron chi connectivity index (χ0n) is 14.7. The maximum atomic E-state index is 12.4. The summed E-state index contributed by atoms with van der Waals surface area (Å²) in [4.78, 5) is 28.7. The van der Waals surface area contributed by atoms with Gasteiger partial charge in [-0.25, -0.2) is 0 Å². The predicted molar refractivity (Wildman–Crippen MR) is 94.6 cm³/mol. The summed E-state index contributed by atoms with van der Waals surface area (Å²) in [6.07, 6.45) is 6.13. The maximum Gasteiger partial charge on any atom is 0.227 e. The van der Waals surface area contributed by atoms with Gasteiger partial charge in [-0.1, -0.05) is 42.7 Å². The summed E-state index contributed by atoms with van der Waals surface area (Å²) in [5.41, 5.74) is 2.27. The third kappa shape index (κ3) is 4.37. The van der Waals surface area contributed by atoms with Gasteiger partial charge in [0.05, 0.1) is 6.42 Å². The summed E-state index contributed by atoms with van der Waals surface area (Å²) in [6, 6.07) is 8.13. The molecule has 0 unspecified atom stereocenters. The van der Waals surface area contributed by atoms with Crippen LogP contribution in [0.25, 0.3) is 0 Å². The van der Waals surface area contributed by atoms with E-state index in [1.54, 1.807) is 0 Å². The first-order chi connectivity index (χ1) is 11.6. The first kappa shape index (κ1) is 17.0. The topological polar surface area (TPSA) is 40.6 Å². The van der Waals surface area contributed by atoms with E-state index >= 15 is 0 Å². The summed E-state index contributed by atoms with van der Waals surface area (Å²) in [6.45, 7) is 4.76. The number of carbonyl (C=O) groups is 2. The first-order valence-electron chi connectivity index (χ1n) is 9.23. The molecule has 1 aliphatic carbocycles. The van der Waals surface area contributed by atoms with Crippen LogP contribution in [0, 0.1) is 12.8 Å². The number of benzene rings is 1. The molecule has 0 spiro atoms. The Bertz CT molecular complexity index is 568. The highest BCUT2D eigenvalue weighted by Gasteiger charge is 2.26. The molecule has 0 atom stereocenters. The second-order valence-corrected chi connectivity index (χ2v) is 7.28. The van der Waals surface area contributed by atoms with Gasteiger partial charge in [0.15, 0.2) is 0 Å². The smallest absolute Gasteiger partial charge is 0.227 e. The standard InChI is InChI=1S/C20H28N2O2/c1-16-6-8-18(9-7-16)15-20(24)22-12-10-21(11-13-22)19(23)14-17-4-2-3-5-17/h6-9,17H,2-5,10-15H2,1H3. The van der Waals surface area contributed by atoms with Crippen molar-refractivity contribution in [3.63, 3.8) is 0 Å². The molecule has 0 radical (unpaired) electrons. The van der Waals surface area contributed by atoms with Gasteiger partial charge in [-0.2, -0.15) is 0 Å². The van der Waals surface area contributed by atoms with E-state index in [-0.39, 0.29) is 11.8 Å². The van der Waals surface area contributed by atoms with Crippen molar-refractivity contribution in [1.29, 1.82) is 0 Å². The Morgan fingerprint density at radius 3 is 2.04 bits per heavy atom. The lowest BCUT2D eigenvalue weighted by atomic mass is 10.0. The predicted octanol–water partition coefficient (Wildman–Crippen LogP) is 2.79. The maximum absolute atomic E-state index is 12.4. The minimum absolute atomic E-state index is 0.168. The van der Waals surface area contributed by atoms with E-state index in [4.69, 9.17) is 0 Å². The Kier molecular flexibility index (Phi) is 5.54. The van der Waals surface area contributed by atoms with Gasteiger partial charge in [-0.3, -0.25) is 9.59 Å². The van der Waals surface area contributed by atoms with Crippen LogP contribution in [-0.2, 0) is 16.0 Å². The van der Waals surface area contributed by atoms with Gasteiger partial charge in [-0.15, -0.1) is 0 Å². The van der Waals surface area contributed by atoms with Crippen molar-refractivity contribution in [2.24, 2.45) is 5.92 Å². The molecule has 1 saturated carbocycles. The fourth-order valence-electron chi connectivity index (χ4n) is 3.79. The molecule has 1 aliphatic heterocycles. The molecule has 3 rings (SSSR count). The number of hydrogen-bond donors (Lipinski definition) is 0. The average Bonchev–Trinajstić information content (AvgIpc) is 3.10. The molecule has 1 saturated heterocycles. The summed E-state index contributed by atoms with van der Waals surface area (Å²) in [5, 5.41) is 0. The average molecular weight is 328 g/mol. The number of nitrogens with zero attached hydrogens (tertiary/aromatic N) is 2. The van der Waals surface area contributed by atoms with Crippen LogP contribution < -0.4 is 0 Å². The zero-order valence-corrected chi connectivity index (χ0v) is 14.7. The van der Waals surface area contributed by atoms with Gasteiger partial charge >= 0.3 is 0 Å².